The standard InChI is InChI=1S/C16H22N2O2S/c1-17-16-18-15(11-21-16)14-5-3-2-4-12(14)10-20-13-6-8-19-9-7-13/h4-5,11,13H,2-3,6-10H2,1H3,(H,17,18). The van der Waals surface area contributed by atoms with Gasteiger partial charge in [-0.05, 0) is 31.3 Å². The van der Waals surface area contributed by atoms with E-state index in [1.54, 1.807) is 11.3 Å². The summed E-state index contributed by atoms with van der Waals surface area (Å²) in [6, 6.07) is 0. The minimum atomic E-state index is 0.339. The number of hydrogen-bond donors (Lipinski definition) is 1. The quantitative estimate of drug-likeness (QED) is 0.904. The average molecular weight is 306 g/mol. The predicted octanol–water partition coefficient (Wildman–Crippen LogP) is 3.48. The molecule has 0 aromatic carbocycles. The minimum absolute atomic E-state index is 0.339. The van der Waals surface area contributed by atoms with Gasteiger partial charge in [0.15, 0.2) is 5.13 Å². The lowest BCUT2D eigenvalue weighted by Gasteiger charge is -2.24. The molecule has 2 aliphatic rings. The number of anilines is 1. The van der Waals surface area contributed by atoms with Crippen LogP contribution in [0.15, 0.2) is 23.1 Å². The molecule has 114 valence electrons. The van der Waals surface area contributed by atoms with Crippen molar-refractivity contribution in [2.45, 2.75) is 31.8 Å². The second-order valence-electron chi connectivity index (χ2n) is 5.34. The van der Waals surface area contributed by atoms with E-state index in [4.69, 9.17) is 9.47 Å². The van der Waals surface area contributed by atoms with Crippen LogP contribution in [0.3, 0.4) is 0 Å². The van der Waals surface area contributed by atoms with Crippen LogP contribution in [-0.2, 0) is 9.47 Å². The molecule has 21 heavy (non-hydrogen) atoms. The number of ether oxygens (including phenoxy) is 2. The van der Waals surface area contributed by atoms with Gasteiger partial charge in [-0.15, -0.1) is 11.3 Å². The number of hydrogen-bond acceptors (Lipinski definition) is 5. The summed E-state index contributed by atoms with van der Waals surface area (Å²) in [6.45, 7) is 2.33. The van der Waals surface area contributed by atoms with Gasteiger partial charge in [0.05, 0.1) is 18.4 Å². The number of nitrogens with zero attached hydrogens (tertiary/aromatic N) is 1. The summed E-state index contributed by atoms with van der Waals surface area (Å²) in [5, 5.41) is 6.18. The van der Waals surface area contributed by atoms with E-state index in [9.17, 15) is 0 Å². The molecule has 0 bridgehead atoms. The summed E-state index contributed by atoms with van der Waals surface area (Å²) in [5.41, 5.74) is 3.58. The van der Waals surface area contributed by atoms with Crippen LogP contribution in [0.2, 0.25) is 0 Å². The minimum Gasteiger partial charge on any atom is -0.381 e. The highest BCUT2D eigenvalue weighted by Crippen LogP contribution is 2.31. The first-order chi connectivity index (χ1) is 10.4. The highest BCUT2D eigenvalue weighted by atomic mass is 32.1. The number of nitrogens with one attached hydrogen (secondary N) is 1. The van der Waals surface area contributed by atoms with Gasteiger partial charge in [-0.1, -0.05) is 12.2 Å². The number of thiazole rings is 1. The van der Waals surface area contributed by atoms with E-state index in [0.29, 0.717) is 12.7 Å². The molecular formula is C16H22N2O2S. The molecule has 2 heterocycles. The van der Waals surface area contributed by atoms with Crippen molar-refractivity contribution in [2.75, 3.05) is 32.2 Å². The van der Waals surface area contributed by atoms with Crippen LogP contribution >= 0.6 is 11.3 Å². The molecule has 5 heteroatoms. The summed E-state index contributed by atoms with van der Waals surface area (Å²) in [6.07, 6.45) is 9.12. The van der Waals surface area contributed by atoms with Gasteiger partial charge in [0, 0.05) is 31.2 Å². The van der Waals surface area contributed by atoms with Crippen molar-refractivity contribution < 1.29 is 9.47 Å². The third-order valence-electron chi connectivity index (χ3n) is 3.89. The van der Waals surface area contributed by atoms with Crippen LogP contribution in [0, 0.1) is 0 Å². The van der Waals surface area contributed by atoms with Crippen LogP contribution < -0.4 is 5.32 Å². The van der Waals surface area contributed by atoms with Gasteiger partial charge in [0.1, 0.15) is 0 Å². The molecule has 4 nitrogen and oxygen atoms in total. The SMILES string of the molecule is CNc1nc(C2=CCCC=C2COC2CCOCC2)cs1. The number of allylic oxidation sites excluding steroid dienone is 2. The van der Waals surface area contributed by atoms with Crippen LogP contribution in [0.5, 0.6) is 0 Å². The van der Waals surface area contributed by atoms with Crippen LogP contribution in [0.4, 0.5) is 5.13 Å². The van der Waals surface area contributed by atoms with Gasteiger partial charge in [0.25, 0.3) is 0 Å². The molecule has 1 saturated heterocycles. The van der Waals surface area contributed by atoms with Crippen molar-refractivity contribution in [3.05, 3.63) is 28.8 Å². The van der Waals surface area contributed by atoms with Gasteiger partial charge in [-0.25, -0.2) is 4.98 Å². The summed E-state index contributed by atoms with van der Waals surface area (Å²) >= 11 is 1.64. The van der Waals surface area contributed by atoms with E-state index >= 15 is 0 Å². The monoisotopic (exact) mass is 306 g/mol. The lowest BCUT2D eigenvalue weighted by Crippen LogP contribution is -2.24. The largest absolute Gasteiger partial charge is 0.381 e. The van der Waals surface area contributed by atoms with Gasteiger partial charge in [0.2, 0.25) is 0 Å². The summed E-state index contributed by atoms with van der Waals surface area (Å²) in [5.74, 6) is 0. The molecule has 3 rings (SSSR count). The Balaban J connectivity index is 1.65. The molecule has 0 amide bonds. The summed E-state index contributed by atoms with van der Waals surface area (Å²) in [4.78, 5) is 4.62. The van der Waals surface area contributed by atoms with Crippen molar-refractivity contribution in [2.24, 2.45) is 0 Å². The fourth-order valence-electron chi connectivity index (χ4n) is 2.69. The Morgan fingerprint density at radius 2 is 2.14 bits per heavy atom. The molecule has 0 unspecified atom stereocenters. The fraction of sp³-hybridized carbons (Fsp3) is 0.562. The van der Waals surface area contributed by atoms with Gasteiger partial charge >= 0.3 is 0 Å². The maximum Gasteiger partial charge on any atom is 0.182 e. The molecule has 0 radical (unpaired) electrons. The molecule has 1 aliphatic heterocycles. The first kappa shape index (κ1) is 14.8. The van der Waals surface area contributed by atoms with E-state index in [2.05, 4.69) is 27.8 Å². The van der Waals surface area contributed by atoms with E-state index < -0.39 is 0 Å². The van der Waals surface area contributed by atoms with Crippen molar-refractivity contribution in [3.63, 3.8) is 0 Å². The molecule has 1 aromatic rings. The van der Waals surface area contributed by atoms with Crippen LogP contribution in [0.1, 0.15) is 31.4 Å². The highest BCUT2D eigenvalue weighted by Gasteiger charge is 2.18. The third kappa shape index (κ3) is 3.73. The van der Waals surface area contributed by atoms with Crippen LogP contribution in [-0.4, -0.2) is 38.0 Å². The third-order valence-corrected chi connectivity index (χ3v) is 4.75. The Morgan fingerprint density at radius 1 is 1.33 bits per heavy atom. The van der Waals surface area contributed by atoms with Crippen molar-refractivity contribution in [3.8, 4) is 0 Å². The van der Waals surface area contributed by atoms with Gasteiger partial charge in [-0.3, -0.25) is 0 Å². The smallest absolute Gasteiger partial charge is 0.182 e. The molecular weight excluding hydrogens is 284 g/mol. The van der Waals surface area contributed by atoms with Crippen molar-refractivity contribution in [1.29, 1.82) is 0 Å². The van der Waals surface area contributed by atoms with Crippen LogP contribution in [0.25, 0.3) is 5.57 Å². The normalized spacial score (nSPS) is 20.0. The Morgan fingerprint density at radius 3 is 2.90 bits per heavy atom. The van der Waals surface area contributed by atoms with E-state index in [-0.39, 0.29) is 0 Å². The second kappa shape index (κ2) is 7.20. The van der Waals surface area contributed by atoms with Gasteiger partial charge < -0.3 is 14.8 Å². The Kier molecular flexibility index (Phi) is 5.06. The molecule has 1 N–H and O–H groups in total. The Bertz CT molecular complexity index is 530. The van der Waals surface area contributed by atoms with E-state index in [0.717, 1.165) is 49.7 Å². The molecule has 0 atom stereocenters. The number of aromatic nitrogens is 1. The molecule has 1 aliphatic carbocycles. The zero-order chi connectivity index (χ0) is 14.5. The maximum absolute atomic E-state index is 6.08. The van der Waals surface area contributed by atoms with Crippen molar-refractivity contribution in [1.82, 2.24) is 4.98 Å². The molecule has 1 aromatic heterocycles. The average Bonchev–Trinajstić information content (AvgIpc) is 3.03. The molecule has 0 saturated carbocycles. The van der Waals surface area contributed by atoms with Crippen molar-refractivity contribution >= 4 is 22.0 Å². The first-order valence-electron chi connectivity index (χ1n) is 7.59. The first-order valence-corrected chi connectivity index (χ1v) is 8.47. The predicted molar refractivity (Wildman–Crippen MR) is 86.7 cm³/mol. The second-order valence-corrected chi connectivity index (χ2v) is 6.19. The van der Waals surface area contributed by atoms with E-state index in [1.165, 1.54) is 11.1 Å². The Hall–Kier alpha value is -1.17. The lowest BCUT2D eigenvalue weighted by molar-refractivity contribution is -0.0235. The summed E-state index contributed by atoms with van der Waals surface area (Å²) < 4.78 is 11.5. The molecule has 1 fully saturated rings. The highest BCUT2D eigenvalue weighted by molar-refractivity contribution is 7.13. The lowest BCUT2D eigenvalue weighted by atomic mass is 9.96. The summed E-state index contributed by atoms with van der Waals surface area (Å²) in [7, 11) is 1.91. The molecule has 0 spiro atoms. The van der Waals surface area contributed by atoms with Gasteiger partial charge in [-0.2, -0.15) is 0 Å². The Labute approximate surface area is 129 Å². The fourth-order valence-corrected chi connectivity index (χ4v) is 3.37. The topological polar surface area (TPSA) is 43.4 Å². The zero-order valence-electron chi connectivity index (χ0n) is 12.4. The zero-order valence-corrected chi connectivity index (χ0v) is 13.2. The number of rotatable bonds is 5. The maximum atomic E-state index is 6.08. The van der Waals surface area contributed by atoms with E-state index in [1.807, 2.05) is 7.05 Å².